The van der Waals surface area contributed by atoms with E-state index >= 15 is 0 Å². The van der Waals surface area contributed by atoms with Crippen LogP contribution in [0.1, 0.15) is 64.7 Å². The third kappa shape index (κ3) is 8.38. The lowest BCUT2D eigenvalue weighted by Gasteiger charge is -2.31. The molecular formula is C16H31NO2. The Bertz CT molecular complexity index is 235. The summed E-state index contributed by atoms with van der Waals surface area (Å²) in [4.78, 5) is 13.4. The van der Waals surface area contributed by atoms with Gasteiger partial charge >= 0.3 is 0 Å². The molecule has 3 nitrogen and oxygen atoms in total. The molecule has 0 saturated carbocycles. The first kappa shape index (κ1) is 16.6. The number of methoxy groups -OCH3 is 1. The molecule has 0 atom stereocenters. The lowest BCUT2D eigenvalue weighted by atomic mass is 10.1. The number of likely N-dealkylation sites (tertiary alicyclic amines) is 1. The predicted octanol–water partition coefficient (Wildman–Crippen LogP) is 3.42. The van der Waals surface area contributed by atoms with E-state index in [4.69, 9.17) is 4.74 Å². The average molecular weight is 269 g/mol. The minimum Gasteiger partial charge on any atom is -0.381 e. The smallest absolute Gasteiger partial charge is 0.129 e. The summed E-state index contributed by atoms with van der Waals surface area (Å²) in [6.45, 7) is 5.35. The zero-order valence-corrected chi connectivity index (χ0v) is 12.8. The van der Waals surface area contributed by atoms with Gasteiger partial charge in [-0.1, -0.05) is 25.7 Å². The van der Waals surface area contributed by atoms with Crippen LogP contribution in [0.5, 0.6) is 0 Å². The third-order valence-electron chi connectivity index (χ3n) is 4.12. The van der Waals surface area contributed by atoms with Gasteiger partial charge in [-0.2, -0.15) is 0 Å². The summed E-state index contributed by atoms with van der Waals surface area (Å²) in [6.07, 6.45) is 11.2. The van der Waals surface area contributed by atoms with E-state index in [1.54, 1.807) is 6.92 Å². The first-order valence-electron chi connectivity index (χ1n) is 7.97. The molecule has 0 bridgehead atoms. The number of ketones is 1. The molecule has 3 heteroatoms. The Kier molecular flexibility index (Phi) is 9.10. The minimum atomic E-state index is 0.333. The fourth-order valence-electron chi connectivity index (χ4n) is 2.79. The van der Waals surface area contributed by atoms with Gasteiger partial charge in [0.1, 0.15) is 5.78 Å². The molecule has 0 aliphatic carbocycles. The largest absolute Gasteiger partial charge is 0.381 e. The summed E-state index contributed by atoms with van der Waals surface area (Å²) < 4.78 is 5.39. The highest BCUT2D eigenvalue weighted by Crippen LogP contribution is 2.14. The van der Waals surface area contributed by atoms with Crippen LogP contribution in [0, 0.1) is 0 Å². The van der Waals surface area contributed by atoms with Gasteiger partial charge in [-0.25, -0.2) is 0 Å². The Labute approximate surface area is 118 Å². The highest BCUT2D eigenvalue weighted by atomic mass is 16.5. The van der Waals surface area contributed by atoms with Crippen molar-refractivity contribution in [2.75, 3.05) is 26.7 Å². The van der Waals surface area contributed by atoms with E-state index in [0.717, 1.165) is 12.8 Å². The van der Waals surface area contributed by atoms with Crippen molar-refractivity contribution < 1.29 is 9.53 Å². The molecule has 1 saturated heterocycles. The number of unbranched alkanes of at least 4 members (excludes halogenated alkanes) is 5. The van der Waals surface area contributed by atoms with Gasteiger partial charge in [0, 0.05) is 26.6 Å². The van der Waals surface area contributed by atoms with Crippen LogP contribution in [-0.2, 0) is 9.53 Å². The van der Waals surface area contributed by atoms with E-state index in [1.165, 1.54) is 64.6 Å². The van der Waals surface area contributed by atoms with Crippen LogP contribution in [-0.4, -0.2) is 43.5 Å². The molecule has 112 valence electrons. The summed E-state index contributed by atoms with van der Waals surface area (Å²) in [7, 11) is 1.83. The summed E-state index contributed by atoms with van der Waals surface area (Å²) in [5, 5.41) is 0. The molecule has 0 aromatic carbocycles. The standard InChI is InChI=1S/C16H31NO2/c1-15(18)9-7-5-3-4-6-8-12-17-13-10-16(19-2)11-14-17/h16H,3-14H2,1-2H3. The molecular weight excluding hydrogens is 238 g/mol. The molecule has 0 aromatic rings. The Morgan fingerprint density at radius 2 is 1.63 bits per heavy atom. The molecule has 1 fully saturated rings. The number of Topliss-reactive ketones (excluding diaryl/α,β-unsaturated/α-hetero) is 1. The SMILES string of the molecule is COC1CCN(CCCCCCCCC(C)=O)CC1. The number of hydrogen-bond donors (Lipinski definition) is 0. The van der Waals surface area contributed by atoms with Gasteiger partial charge in [-0.15, -0.1) is 0 Å². The monoisotopic (exact) mass is 269 g/mol. The normalized spacial score (nSPS) is 17.8. The second-order valence-corrected chi connectivity index (χ2v) is 5.85. The number of ether oxygens (including phenoxy) is 1. The second kappa shape index (κ2) is 10.4. The summed E-state index contributed by atoms with van der Waals surface area (Å²) in [5.41, 5.74) is 0. The zero-order valence-electron chi connectivity index (χ0n) is 12.8. The average Bonchev–Trinajstić information content (AvgIpc) is 2.42. The van der Waals surface area contributed by atoms with Crippen LogP contribution in [0.15, 0.2) is 0 Å². The minimum absolute atomic E-state index is 0.333. The van der Waals surface area contributed by atoms with Gasteiger partial charge in [0.05, 0.1) is 6.10 Å². The van der Waals surface area contributed by atoms with Crippen molar-refractivity contribution in [3.8, 4) is 0 Å². The maximum absolute atomic E-state index is 10.8. The van der Waals surface area contributed by atoms with Gasteiger partial charge in [-0.05, 0) is 39.2 Å². The van der Waals surface area contributed by atoms with Crippen LogP contribution >= 0.6 is 0 Å². The van der Waals surface area contributed by atoms with Crippen molar-refractivity contribution in [3.05, 3.63) is 0 Å². The van der Waals surface area contributed by atoms with Gasteiger partial charge in [0.15, 0.2) is 0 Å². The maximum atomic E-state index is 10.8. The van der Waals surface area contributed by atoms with Crippen molar-refractivity contribution in [2.45, 2.75) is 70.8 Å². The number of carbonyl (C=O) groups excluding carboxylic acids is 1. The molecule has 0 amide bonds. The number of piperidine rings is 1. The quantitative estimate of drug-likeness (QED) is 0.569. The molecule has 19 heavy (non-hydrogen) atoms. The molecule has 1 aliphatic rings. The van der Waals surface area contributed by atoms with Gasteiger partial charge in [0.25, 0.3) is 0 Å². The lowest BCUT2D eigenvalue weighted by Crippen LogP contribution is -2.37. The first-order chi connectivity index (χ1) is 9.22. The summed E-state index contributed by atoms with van der Waals surface area (Å²) in [6, 6.07) is 0. The predicted molar refractivity (Wildman–Crippen MR) is 79.5 cm³/mol. The second-order valence-electron chi connectivity index (χ2n) is 5.85. The molecule has 1 aliphatic heterocycles. The van der Waals surface area contributed by atoms with Gasteiger partial charge < -0.3 is 14.4 Å². The molecule has 1 rings (SSSR count). The maximum Gasteiger partial charge on any atom is 0.129 e. The number of hydrogen-bond acceptors (Lipinski definition) is 3. The van der Waals surface area contributed by atoms with Crippen LogP contribution in [0.3, 0.4) is 0 Å². The van der Waals surface area contributed by atoms with Crippen molar-refractivity contribution in [2.24, 2.45) is 0 Å². The summed E-state index contributed by atoms with van der Waals surface area (Å²) in [5.74, 6) is 0.333. The lowest BCUT2D eigenvalue weighted by molar-refractivity contribution is -0.117. The summed E-state index contributed by atoms with van der Waals surface area (Å²) >= 11 is 0. The Morgan fingerprint density at radius 3 is 2.21 bits per heavy atom. The van der Waals surface area contributed by atoms with E-state index in [1.807, 2.05) is 7.11 Å². The molecule has 0 unspecified atom stereocenters. The van der Waals surface area contributed by atoms with E-state index in [0.29, 0.717) is 11.9 Å². The highest BCUT2D eigenvalue weighted by Gasteiger charge is 2.17. The zero-order chi connectivity index (χ0) is 13.9. The Morgan fingerprint density at radius 1 is 1.05 bits per heavy atom. The van der Waals surface area contributed by atoms with Crippen molar-refractivity contribution >= 4 is 5.78 Å². The van der Waals surface area contributed by atoms with Gasteiger partial charge in [0.2, 0.25) is 0 Å². The molecule has 0 aromatic heterocycles. The number of carbonyl (C=O) groups is 1. The van der Waals surface area contributed by atoms with Gasteiger partial charge in [-0.3, -0.25) is 0 Å². The fraction of sp³-hybridized carbons (Fsp3) is 0.938. The van der Waals surface area contributed by atoms with Crippen LogP contribution in [0.2, 0.25) is 0 Å². The first-order valence-corrected chi connectivity index (χ1v) is 7.97. The number of rotatable bonds is 10. The molecule has 0 radical (unpaired) electrons. The fourth-order valence-corrected chi connectivity index (χ4v) is 2.79. The van der Waals surface area contributed by atoms with Crippen LogP contribution in [0.4, 0.5) is 0 Å². The van der Waals surface area contributed by atoms with Crippen molar-refractivity contribution in [1.29, 1.82) is 0 Å². The molecule has 0 N–H and O–H groups in total. The van der Waals surface area contributed by atoms with E-state index in [-0.39, 0.29) is 0 Å². The van der Waals surface area contributed by atoms with E-state index < -0.39 is 0 Å². The molecule has 0 spiro atoms. The molecule has 1 heterocycles. The van der Waals surface area contributed by atoms with E-state index in [2.05, 4.69) is 4.90 Å². The van der Waals surface area contributed by atoms with Crippen LogP contribution in [0.25, 0.3) is 0 Å². The number of nitrogens with zero attached hydrogens (tertiary/aromatic N) is 1. The topological polar surface area (TPSA) is 29.5 Å². The van der Waals surface area contributed by atoms with Crippen LogP contribution < -0.4 is 0 Å². The highest BCUT2D eigenvalue weighted by molar-refractivity contribution is 5.75. The van der Waals surface area contributed by atoms with Crippen molar-refractivity contribution in [1.82, 2.24) is 4.90 Å². The van der Waals surface area contributed by atoms with Crippen molar-refractivity contribution in [3.63, 3.8) is 0 Å². The third-order valence-corrected chi connectivity index (χ3v) is 4.12. The Balaban J connectivity index is 1.85. The Hall–Kier alpha value is -0.410. The van der Waals surface area contributed by atoms with E-state index in [9.17, 15) is 4.79 Å².